The molecule has 176 valence electrons. The Balaban J connectivity index is 1.56. The van der Waals surface area contributed by atoms with Gasteiger partial charge in [-0.2, -0.15) is 10.2 Å². The second-order valence-corrected chi connectivity index (χ2v) is 10.5. The molecule has 5 aromatic rings. The normalized spacial score (nSPS) is 13.5. The molecule has 8 heteroatoms. The summed E-state index contributed by atoms with van der Waals surface area (Å²) in [4.78, 5) is 6.94. The van der Waals surface area contributed by atoms with Crippen molar-refractivity contribution in [2.75, 3.05) is 11.4 Å². The van der Waals surface area contributed by atoms with Gasteiger partial charge in [0, 0.05) is 42.2 Å². The fourth-order valence-electron chi connectivity index (χ4n) is 5.06. The predicted octanol–water partition coefficient (Wildman–Crippen LogP) is 6.62. The zero-order valence-electron chi connectivity index (χ0n) is 19.8. The van der Waals surface area contributed by atoms with E-state index in [2.05, 4.69) is 92.8 Å². The predicted molar refractivity (Wildman–Crippen MR) is 150 cm³/mol. The number of hydrogen-bond acceptors (Lipinski definition) is 4. The van der Waals surface area contributed by atoms with Crippen LogP contribution in [0.15, 0.2) is 54.9 Å². The average molecular weight is 595 g/mol. The number of aromatic nitrogens is 5. The van der Waals surface area contributed by atoms with Crippen LogP contribution in [0.25, 0.3) is 27.8 Å². The maximum atomic E-state index is 6.62. The van der Waals surface area contributed by atoms with Gasteiger partial charge in [0.05, 0.1) is 56.7 Å². The van der Waals surface area contributed by atoms with E-state index in [0.717, 1.165) is 57.9 Å². The van der Waals surface area contributed by atoms with Gasteiger partial charge in [0.15, 0.2) is 0 Å². The Labute approximate surface area is 223 Å². The van der Waals surface area contributed by atoms with E-state index in [-0.39, 0.29) is 0 Å². The Kier molecular flexibility index (Phi) is 5.56. The fraction of sp³-hybridized carbons (Fsp3) is 0.222. The number of nitrogens with zero attached hydrogens (tertiary/aromatic N) is 6. The first kappa shape index (κ1) is 22.5. The molecule has 4 heterocycles. The molecule has 0 radical (unpaired) electrons. The summed E-state index contributed by atoms with van der Waals surface area (Å²) in [7, 11) is 0. The highest BCUT2D eigenvalue weighted by Gasteiger charge is 2.28. The number of halogens is 2. The average Bonchev–Trinajstić information content (AvgIpc) is 3.38. The van der Waals surface area contributed by atoms with Gasteiger partial charge in [0.2, 0.25) is 0 Å². The lowest BCUT2D eigenvalue weighted by Gasteiger charge is -2.28. The number of aryl methyl sites for hydroxylation is 3. The molecule has 0 atom stereocenters. The highest BCUT2D eigenvalue weighted by atomic mass is 127. The minimum Gasteiger partial charge on any atom is -0.351 e. The van der Waals surface area contributed by atoms with Gasteiger partial charge < -0.3 is 4.90 Å². The molecule has 0 spiro atoms. The molecular formula is C27H24ClIN6. The molecule has 6 nitrogen and oxygen atoms in total. The zero-order valence-corrected chi connectivity index (χ0v) is 22.7. The molecule has 0 saturated carbocycles. The molecule has 0 bridgehead atoms. The van der Waals surface area contributed by atoms with Crippen LogP contribution in [0.1, 0.15) is 27.9 Å². The van der Waals surface area contributed by atoms with Crippen LogP contribution in [0.5, 0.6) is 0 Å². The molecule has 35 heavy (non-hydrogen) atoms. The second kappa shape index (κ2) is 8.64. The van der Waals surface area contributed by atoms with E-state index in [9.17, 15) is 0 Å². The molecule has 0 fully saturated rings. The molecule has 6 rings (SSSR count). The topological polar surface area (TPSA) is 51.8 Å². The first-order valence-corrected chi connectivity index (χ1v) is 12.9. The van der Waals surface area contributed by atoms with Gasteiger partial charge in [-0.3, -0.25) is 0 Å². The summed E-state index contributed by atoms with van der Waals surface area (Å²) in [6.07, 6.45) is 4.63. The Bertz CT molecular complexity index is 1580. The Hall–Kier alpha value is -2.91. The van der Waals surface area contributed by atoms with Crippen molar-refractivity contribution in [2.45, 2.75) is 33.7 Å². The van der Waals surface area contributed by atoms with Crippen molar-refractivity contribution in [3.63, 3.8) is 0 Å². The third-order valence-electron chi connectivity index (χ3n) is 6.74. The largest absolute Gasteiger partial charge is 0.351 e. The van der Waals surface area contributed by atoms with Crippen LogP contribution in [-0.2, 0) is 13.0 Å². The first-order valence-electron chi connectivity index (χ1n) is 11.6. The molecule has 1 aliphatic rings. The lowest BCUT2D eigenvalue weighted by atomic mass is 9.99. The Morgan fingerprint density at radius 1 is 1.00 bits per heavy atom. The van der Waals surface area contributed by atoms with Crippen molar-refractivity contribution in [1.82, 2.24) is 22.8 Å². The van der Waals surface area contributed by atoms with Crippen molar-refractivity contribution >= 4 is 51.2 Å². The molecular weight excluding hydrogens is 571 g/mol. The van der Waals surface area contributed by atoms with E-state index < -0.39 is 0 Å². The van der Waals surface area contributed by atoms with E-state index in [1.54, 1.807) is 0 Å². The zero-order chi connectivity index (χ0) is 24.3. The van der Waals surface area contributed by atoms with Crippen molar-refractivity contribution in [2.24, 2.45) is 0 Å². The van der Waals surface area contributed by atoms with E-state index in [1.165, 1.54) is 16.7 Å². The Morgan fingerprint density at radius 3 is 2.57 bits per heavy atom. The van der Waals surface area contributed by atoms with E-state index >= 15 is 0 Å². The van der Waals surface area contributed by atoms with Crippen molar-refractivity contribution in [1.29, 1.82) is 0 Å². The van der Waals surface area contributed by atoms with Crippen LogP contribution in [0, 0.1) is 20.8 Å². The molecule has 0 unspecified atom stereocenters. The number of fused-ring (bicyclic) bond motifs is 2. The second-order valence-electron chi connectivity index (χ2n) is 9.19. The van der Waals surface area contributed by atoms with E-state index in [1.807, 2.05) is 28.3 Å². The van der Waals surface area contributed by atoms with Crippen LogP contribution < -0.4 is 4.90 Å². The van der Waals surface area contributed by atoms with Crippen LogP contribution in [0.4, 0.5) is 5.82 Å². The molecule has 0 amide bonds. The summed E-state index contributed by atoms with van der Waals surface area (Å²) in [5, 5.41) is 11.4. The quantitative estimate of drug-likeness (QED) is 0.220. The summed E-state index contributed by atoms with van der Waals surface area (Å²) in [6.45, 7) is 7.84. The summed E-state index contributed by atoms with van der Waals surface area (Å²) >= 11 is 8.84. The van der Waals surface area contributed by atoms with Gasteiger partial charge in [-0.25, -0.2) is 12.6 Å². The van der Waals surface area contributed by atoms with Crippen LogP contribution in [0.3, 0.4) is 0 Å². The Morgan fingerprint density at radius 2 is 1.80 bits per heavy atom. The molecule has 0 saturated heterocycles. The van der Waals surface area contributed by atoms with E-state index in [0.29, 0.717) is 11.6 Å². The molecule has 3 aromatic heterocycles. The SMILES string of the molecule is Cc1cnc(N2CCc3nn(-c4c(C)cccc4C)c(-c4ccc5c(cnn5I)c4)c3C2)c(Cl)c1. The summed E-state index contributed by atoms with van der Waals surface area (Å²) in [6, 6.07) is 14.9. The first-order chi connectivity index (χ1) is 16.9. The number of hydrogen-bond donors (Lipinski definition) is 0. The molecule has 0 N–H and O–H groups in total. The highest BCUT2D eigenvalue weighted by Crippen LogP contribution is 2.37. The van der Waals surface area contributed by atoms with Gasteiger partial charge in [0.25, 0.3) is 0 Å². The van der Waals surface area contributed by atoms with Gasteiger partial charge in [0.1, 0.15) is 5.82 Å². The minimum absolute atomic E-state index is 0.688. The van der Waals surface area contributed by atoms with Gasteiger partial charge in [-0.15, -0.1) is 0 Å². The molecule has 0 aliphatic carbocycles. The third kappa shape index (κ3) is 3.81. The minimum atomic E-state index is 0.688. The van der Waals surface area contributed by atoms with Crippen molar-refractivity contribution in [3.05, 3.63) is 87.8 Å². The summed E-state index contributed by atoms with van der Waals surface area (Å²) in [5.74, 6) is 0.829. The van der Waals surface area contributed by atoms with Gasteiger partial charge >= 0.3 is 0 Å². The van der Waals surface area contributed by atoms with Crippen LogP contribution in [0.2, 0.25) is 5.02 Å². The highest BCUT2D eigenvalue weighted by molar-refractivity contribution is 14.1. The smallest absolute Gasteiger partial charge is 0.147 e. The van der Waals surface area contributed by atoms with Gasteiger partial charge in [-0.05, 0) is 55.7 Å². The standard InChI is InChI=1S/C27H24ClIN6/c1-16-11-22(28)27(30-13-16)33-10-9-23-21(15-33)26(19-7-8-24-20(12-19)14-31-35(24)29)34(32-23)25-17(2)5-4-6-18(25)3/h4-8,11-14H,9-10,15H2,1-3H3. The van der Waals surface area contributed by atoms with Crippen LogP contribution >= 0.6 is 34.5 Å². The van der Waals surface area contributed by atoms with Crippen LogP contribution in [-0.4, -0.2) is 29.3 Å². The molecule has 2 aromatic carbocycles. The number of benzene rings is 2. The number of rotatable bonds is 3. The monoisotopic (exact) mass is 594 g/mol. The molecule has 1 aliphatic heterocycles. The number of anilines is 1. The lowest BCUT2D eigenvalue weighted by Crippen LogP contribution is -2.31. The fourth-order valence-corrected chi connectivity index (χ4v) is 5.96. The van der Waals surface area contributed by atoms with Crippen molar-refractivity contribution < 1.29 is 0 Å². The summed E-state index contributed by atoms with van der Waals surface area (Å²) < 4.78 is 4.03. The van der Waals surface area contributed by atoms with Gasteiger partial charge in [-0.1, -0.05) is 35.9 Å². The number of para-hydroxylation sites is 1. The maximum Gasteiger partial charge on any atom is 0.147 e. The third-order valence-corrected chi connectivity index (χ3v) is 7.79. The van der Waals surface area contributed by atoms with Crippen molar-refractivity contribution in [3.8, 4) is 16.9 Å². The van der Waals surface area contributed by atoms with E-state index in [4.69, 9.17) is 16.7 Å². The summed E-state index contributed by atoms with van der Waals surface area (Å²) in [5.41, 5.74) is 10.3. The maximum absolute atomic E-state index is 6.62. The number of pyridine rings is 1. The lowest BCUT2D eigenvalue weighted by molar-refractivity contribution is 0.706.